The number of ether oxygens (including phenoxy) is 1. The maximum Gasteiger partial charge on any atom is 0.0639 e. The Labute approximate surface area is 96.4 Å². The second-order valence-corrected chi connectivity index (χ2v) is 4.21. The third-order valence-electron chi connectivity index (χ3n) is 2.97. The molecule has 0 aliphatic carbocycles. The molecule has 88 valence electrons. The molecule has 2 rings (SSSR count). The van der Waals surface area contributed by atoms with Gasteiger partial charge in [-0.05, 0) is 31.3 Å². The Bertz CT molecular complexity index is 326. The second kappa shape index (κ2) is 5.18. The molecule has 1 saturated heterocycles. The predicted octanol–water partition coefficient (Wildman–Crippen LogP) is 1.01. The molecule has 4 heteroatoms. The second-order valence-electron chi connectivity index (χ2n) is 4.21. The van der Waals surface area contributed by atoms with Gasteiger partial charge < -0.3 is 15.8 Å². The van der Waals surface area contributed by atoms with Crippen molar-refractivity contribution in [1.29, 1.82) is 0 Å². The predicted molar refractivity (Wildman–Crippen MR) is 66.6 cm³/mol. The molecule has 0 amide bonds. The zero-order chi connectivity index (χ0) is 11.4. The van der Waals surface area contributed by atoms with Crippen LogP contribution >= 0.6 is 0 Å². The molecule has 0 radical (unpaired) electrons. The van der Waals surface area contributed by atoms with Crippen LogP contribution in [0.4, 0.5) is 11.4 Å². The molecule has 1 fully saturated rings. The van der Waals surface area contributed by atoms with Crippen LogP contribution in [0.15, 0.2) is 24.3 Å². The van der Waals surface area contributed by atoms with Crippen molar-refractivity contribution in [3.8, 4) is 0 Å². The van der Waals surface area contributed by atoms with Crippen molar-refractivity contribution in [2.75, 3.05) is 44.4 Å². The van der Waals surface area contributed by atoms with Crippen molar-refractivity contribution < 1.29 is 4.74 Å². The Morgan fingerprint density at radius 2 is 2.19 bits per heavy atom. The van der Waals surface area contributed by atoms with Gasteiger partial charge in [0.25, 0.3) is 0 Å². The fourth-order valence-electron chi connectivity index (χ4n) is 1.79. The minimum absolute atomic E-state index is 0.450. The van der Waals surface area contributed by atoms with E-state index in [4.69, 9.17) is 10.5 Å². The highest BCUT2D eigenvalue weighted by molar-refractivity contribution is 5.51. The van der Waals surface area contributed by atoms with Gasteiger partial charge in [-0.2, -0.15) is 0 Å². The lowest BCUT2D eigenvalue weighted by atomic mass is 10.2. The number of hydrogen-bond acceptors (Lipinski definition) is 4. The molecule has 0 spiro atoms. The van der Waals surface area contributed by atoms with E-state index >= 15 is 0 Å². The van der Waals surface area contributed by atoms with Crippen LogP contribution in [0.25, 0.3) is 0 Å². The summed E-state index contributed by atoms with van der Waals surface area (Å²) in [7, 11) is 2.14. The molecule has 0 aromatic heterocycles. The van der Waals surface area contributed by atoms with Crippen molar-refractivity contribution in [2.24, 2.45) is 0 Å². The molecule has 0 saturated carbocycles. The fraction of sp³-hybridized carbons (Fsp3) is 0.500. The van der Waals surface area contributed by atoms with Crippen LogP contribution in [-0.4, -0.2) is 44.3 Å². The Balaban J connectivity index is 1.84. The van der Waals surface area contributed by atoms with Gasteiger partial charge in [-0.3, -0.25) is 4.90 Å². The monoisotopic (exact) mass is 221 g/mol. The lowest BCUT2D eigenvalue weighted by Gasteiger charge is -2.32. The number of rotatable bonds is 3. The number of benzene rings is 1. The Morgan fingerprint density at radius 3 is 2.88 bits per heavy atom. The summed E-state index contributed by atoms with van der Waals surface area (Å²) < 4.78 is 5.46. The first-order valence-corrected chi connectivity index (χ1v) is 5.63. The maximum atomic E-state index is 5.63. The van der Waals surface area contributed by atoms with Crippen LogP contribution in [0.5, 0.6) is 0 Å². The van der Waals surface area contributed by atoms with E-state index in [2.05, 4.69) is 17.3 Å². The fourth-order valence-corrected chi connectivity index (χ4v) is 1.79. The molecule has 1 unspecified atom stereocenters. The van der Waals surface area contributed by atoms with Crippen LogP contribution in [-0.2, 0) is 4.74 Å². The number of anilines is 2. The van der Waals surface area contributed by atoms with E-state index < -0.39 is 0 Å². The summed E-state index contributed by atoms with van der Waals surface area (Å²) in [4.78, 5) is 2.33. The zero-order valence-corrected chi connectivity index (χ0v) is 9.65. The van der Waals surface area contributed by atoms with E-state index in [0.717, 1.165) is 37.7 Å². The van der Waals surface area contributed by atoms with E-state index in [1.54, 1.807) is 0 Å². The first kappa shape index (κ1) is 11.2. The molecular weight excluding hydrogens is 202 g/mol. The molecule has 1 aromatic carbocycles. The van der Waals surface area contributed by atoms with Gasteiger partial charge in [-0.25, -0.2) is 0 Å². The first-order chi connectivity index (χ1) is 7.75. The highest BCUT2D eigenvalue weighted by Crippen LogP contribution is 2.11. The average molecular weight is 221 g/mol. The summed E-state index contributed by atoms with van der Waals surface area (Å²) in [6, 6.07) is 8.26. The van der Waals surface area contributed by atoms with E-state index in [1.165, 1.54) is 0 Å². The van der Waals surface area contributed by atoms with Crippen LogP contribution in [0.3, 0.4) is 0 Å². The third-order valence-corrected chi connectivity index (χ3v) is 2.97. The normalized spacial score (nSPS) is 21.9. The summed E-state index contributed by atoms with van der Waals surface area (Å²) in [5.74, 6) is 0. The van der Waals surface area contributed by atoms with E-state index in [1.807, 2.05) is 24.3 Å². The third kappa shape index (κ3) is 2.87. The molecule has 1 aliphatic heterocycles. The minimum atomic E-state index is 0.450. The van der Waals surface area contributed by atoms with Crippen LogP contribution in [0.2, 0.25) is 0 Å². The SMILES string of the molecule is CN1CCOCC1CNc1ccc(N)cc1. The molecule has 1 aromatic rings. The highest BCUT2D eigenvalue weighted by atomic mass is 16.5. The van der Waals surface area contributed by atoms with Crippen molar-refractivity contribution in [2.45, 2.75) is 6.04 Å². The van der Waals surface area contributed by atoms with E-state index in [-0.39, 0.29) is 0 Å². The van der Waals surface area contributed by atoms with Gasteiger partial charge in [0, 0.05) is 24.5 Å². The zero-order valence-electron chi connectivity index (χ0n) is 9.65. The summed E-state index contributed by atoms with van der Waals surface area (Å²) in [5.41, 5.74) is 7.53. The van der Waals surface area contributed by atoms with Crippen LogP contribution < -0.4 is 11.1 Å². The molecule has 1 atom stereocenters. The molecule has 3 N–H and O–H groups in total. The highest BCUT2D eigenvalue weighted by Gasteiger charge is 2.18. The van der Waals surface area contributed by atoms with Crippen molar-refractivity contribution in [1.82, 2.24) is 4.90 Å². The summed E-state index contributed by atoms with van der Waals surface area (Å²) in [6.45, 7) is 3.56. The van der Waals surface area contributed by atoms with Gasteiger partial charge in [0.05, 0.1) is 19.3 Å². The van der Waals surface area contributed by atoms with E-state index in [0.29, 0.717) is 6.04 Å². The van der Waals surface area contributed by atoms with Gasteiger partial charge >= 0.3 is 0 Å². The Morgan fingerprint density at radius 1 is 1.44 bits per heavy atom. The van der Waals surface area contributed by atoms with Crippen LogP contribution in [0.1, 0.15) is 0 Å². The van der Waals surface area contributed by atoms with Crippen molar-refractivity contribution in [3.05, 3.63) is 24.3 Å². The number of nitrogen functional groups attached to an aromatic ring is 1. The number of hydrogen-bond donors (Lipinski definition) is 2. The summed E-state index contributed by atoms with van der Waals surface area (Å²) >= 11 is 0. The number of nitrogens with one attached hydrogen (secondary N) is 1. The van der Waals surface area contributed by atoms with Gasteiger partial charge in [0.2, 0.25) is 0 Å². The van der Waals surface area contributed by atoms with Gasteiger partial charge in [-0.15, -0.1) is 0 Å². The largest absolute Gasteiger partial charge is 0.399 e. The Kier molecular flexibility index (Phi) is 3.64. The topological polar surface area (TPSA) is 50.5 Å². The summed E-state index contributed by atoms with van der Waals surface area (Å²) in [5, 5.41) is 3.39. The standard InChI is InChI=1S/C12H19N3O/c1-15-6-7-16-9-12(15)8-14-11-4-2-10(13)3-5-11/h2-5,12,14H,6-9,13H2,1H3. The van der Waals surface area contributed by atoms with Crippen molar-refractivity contribution in [3.63, 3.8) is 0 Å². The van der Waals surface area contributed by atoms with Crippen molar-refractivity contribution >= 4 is 11.4 Å². The first-order valence-electron chi connectivity index (χ1n) is 5.63. The van der Waals surface area contributed by atoms with Crippen LogP contribution in [0, 0.1) is 0 Å². The lowest BCUT2D eigenvalue weighted by Crippen LogP contribution is -2.46. The van der Waals surface area contributed by atoms with Gasteiger partial charge in [-0.1, -0.05) is 0 Å². The quantitative estimate of drug-likeness (QED) is 0.748. The van der Waals surface area contributed by atoms with E-state index in [9.17, 15) is 0 Å². The number of nitrogens with zero attached hydrogens (tertiary/aromatic N) is 1. The number of nitrogens with two attached hydrogens (primary N) is 1. The summed E-state index contributed by atoms with van der Waals surface area (Å²) in [6.07, 6.45) is 0. The smallest absolute Gasteiger partial charge is 0.0639 e. The average Bonchev–Trinajstić information content (AvgIpc) is 2.30. The molecule has 16 heavy (non-hydrogen) atoms. The number of morpholine rings is 1. The molecule has 1 aliphatic rings. The number of likely N-dealkylation sites (N-methyl/N-ethyl adjacent to an activating group) is 1. The molecule has 0 bridgehead atoms. The Hall–Kier alpha value is -1.26. The maximum absolute atomic E-state index is 5.63. The molecule has 4 nitrogen and oxygen atoms in total. The minimum Gasteiger partial charge on any atom is -0.399 e. The van der Waals surface area contributed by atoms with Gasteiger partial charge in [0.1, 0.15) is 0 Å². The molecular formula is C12H19N3O. The lowest BCUT2D eigenvalue weighted by molar-refractivity contribution is 0.0110. The molecule has 1 heterocycles. The van der Waals surface area contributed by atoms with Gasteiger partial charge in [0.15, 0.2) is 0 Å².